The molecule has 8 nitrogen and oxygen atoms in total. The van der Waals surface area contributed by atoms with E-state index in [1.54, 1.807) is 31.6 Å². The Bertz CT molecular complexity index is 998. The molecule has 0 amide bonds. The Morgan fingerprint density at radius 2 is 1.82 bits per heavy atom. The summed E-state index contributed by atoms with van der Waals surface area (Å²) in [7, 11) is 1.60. The lowest BCUT2D eigenvalue weighted by atomic mass is 9.83. The van der Waals surface area contributed by atoms with E-state index >= 15 is 0 Å². The second kappa shape index (κ2) is 7.15. The van der Waals surface area contributed by atoms with Crippen LogP contribution in [0.3, 0.4) is 0 Å². The first-order chi connectivity index (χ1) is 13.6. The molecule has 1 N–H and O–H groups in total. The molecule has 0 saturated heterocycles. The van der Waals surface area contributed by atoms with E-state index in [1.807, 2.05) is 28.8 Å². The monoisotopic (exact) mass is 378 g/mol. The number of aldehydes is 1. The Morgan fingerprint density at radius 1 is 1.14 bits per heavy atom. The zero-order chi connectivity index (χ0) is 19.7. The zero-order valence-corrected chi connectivity index (χ0v) is 15.1. The van der Waals surface area contributed by atoms with Crippen molar-refractivity contribution in [2.75, 3.05) is 12.4 Å². The zero-order valence-electron chi connectivity index (χ0n) is 15.1. The van der Waals surface area contributed by atoms with Crippen LogP contribution >= 0.6 is 0 Å². The van der Waals surface area contributed by atoms with E-state index in [4.69, 9.17) is 4.74 Å². The van der Waals surface area contributed by atoms with Crippen molar-refractivity contribution in [3.8, 4) is 5.75 Å². The Labute approximate surface area is 160 Å². The van der Waals surface area contributed by atoms with Gasteiger partial charge in [-0.25, -0.2) is 4.98 Å². The molecule has 2 heterocycles. The molecule has 8 heteroatoms. The van der Waals surface area contributed by atoms with Crippen LogP contribution in [-0.4, -0.2) is 27.9 Å². The molecule has 0 spiro atoms. The molecule has 28 heavy (non-hydrogen) atoms. The number of fused-ring (bicyclic) bond motifs is 1. The van der Waals surface area contributed by atoms with E-state index in [1.165, 1.54) is 12.1 Å². The minimum Gasteiger partial charge on any atom is -0.497 e. The number of imidazole rings is 1. The molecule has 0 radical (unpaired) electrons. The topological polar surface area (TPSA) is 99.3 Å². The average Bonchev–Trinajstić information content (AvgIpc) is 3.20. The van der Waals surface area contributed by atoms with Crippen LogP contribution in [0.1, 0.15) is 23.2 Å². The summed E-state index contributed by atoms with van der Waals surface area (Å²) >= 11 is 0. The van der Waals surface area contributed by atoms with Crippen LogP contribution in [-0.2, 0) is 4.79 Å². The van der Waals surface area contributed by atoms with Crippen molar-refractivity contribution >= 4 is 17.9 Å². The average molecular weight is 378 g/mol. The number of nitro benzene ring substituents is 1. The highest BCUT2D eigenvalue weighted by molar-refractivity contribution is 5.62. The lowest BCUT2D eigenvalue weighted by molar-refractivity contribution is -0.384. The molecule has 0 saturated carbocycles. The molecule has 3 aromatic rings. The maximum atomic E-state index is 12.2. The summed E-state index contributed by atoms with van der Waals surface area (Å²) in [5, 5.41) is 14.3. The maximum absolute atomic E-state index is 12.2. The number of nitro groups is 1. The van der Waals surface area contributed by atoms with Gasteiger partial charge in [0.15, 0.2) is 0 Å². The molecule has 0 unspecified atom stereocenters. The maximum Gasteiger partial charge on any atom is 0.269 e. The van der Waals surface area contributed by atoms with Gasteiger partial charge in [-0.15, -0.1) is 0 Å². The van der Waals surface area contributed by atoms with Crippen LogP contribution in [0, 0.1) is 16.0 Å². The molecule has 0 bridgehead atoms. The Hall–Kier alpha value is -3.68. The standard InChI is InChI=1S/C20H18N4O4/c1-28-16-8-4-13(5-9-16)18-17(12-25)19(23-11-10-21-20(23)22-18)14-2-6-15(7-3-14)24(26)27/h2-12,17-19H,1H3,(H,21,22)/t17-,18-,19+/m0/s1. The van der Waals surface area contributed by atoms with Crippen molar-refractivity contribution in [2.45, 2.75) is 12.1 Å². The predicted molar refractivity (Wildman–Crippen MR) is 102 cm³/mol. The quantitative estimate of drug-likeness (QED) is 0.415. The van der Waals surface area contributed by atoms with Gasteiger partial charge in [-0.05, 0) is 23.3 Å². The predicted octanol–water partition coefficient (Wildman–Crippen LogP) is 3.37. The van der Waals surface area contributed by atoms with E-state index in [0.717, 1.165) is 23.2 Å². The molecular weight excluding hydrogens is 360 g/mol. The van der Waals surface area contributed by atoms with Gasteiger partial charge in [0.05, 0.1) is 30.0 Å². The highest BCUT2D eigenvalue weighted by Crippen LogP contribution is 2.42. The Morgan fingerprint density at radius 3 is 2.43 bits per heavy atom. The van der Waals surface area contributed by atoms with E-state index in [-0.39, 0.29) is 17.8 Å². The van der Waals surface area contributed by atoms with Crippen LogP contribution in [0.25, 0.3) is 0 Å². The Kier molecular flexibility index (Phi) is 4.52. The number of benzene rings is 2. The van der Waals surface area contributed by atoms with Gasteiger partial charge in [0, 0.05) is 24.5 Å². The molecule has 3 atom stereocenters. The van der Waals surface area contributed by atoms with Gasteiger partial charge >= 0.3 is 0 Å². The van der Waals surface area contributed by atoms with Gasteiger partial charge in [-0.3, -0.25) is 10.1 Å². The highest BCUT2D eigenvalue weighted by atomic mass is 16.6. The number of hydrogen-bond donors (Lipinski definition) is 1. The van der Waals surface area contributed by atoms with Gasteiger partial charge < -0.3 is 19.4 Å². The van der Waals surface area contributed by atoms with Crippen molar-refractivity contribution in [3.63, 3.8) is 0 Å². The van der Waals surface area contributed by atoms with E-state index in [9.17, 15) is 14.9 Å². The highest BCUT2D eigenvalue weighted by Gasteiger charge is 2.38. The summed E-state index contributed by atoms with van der Waals surface area (Å²) in [5.41, 5.74) is 1.75. The number of methoxy groups -OCH3 is 1. The van der Waals surface area contributed by atoms with Gasteiger partial charge in [0.1, 0.15) is 12.0 Å². The summed E-state index contributed by atoms with van der Waals surface area (Å²) in [4.78, 5) is 27.0. The summed E-state index contributed by atoms with van der Waals surface area (Å²) < 4.78 is 7.10. The lowest BCUT2D eigenvalue weighted by Crippen LogP contribution is -2.37. The molecule has 1 aliphatic rings. The third kappa shape index (κ3) is 2.98. The summed E-state index contributed by atoms with van der Waals surface area (Å²) in [6.45, 7) is 0. The first-order valence-electron chi connectivity index (χ1n) is 8.75. The molecule has 4 rings (SSSR count). The lowest BCUT2D eigenvalue weighted by Gasteiger charge is -2.38. The van der Waals surface area contributed by atoms with Crippen LogP contribution < -0.4 is 10.1 Å². The number of carbonyl (C=O) groups excluding carboxylic acids is 1. The summed E-state index contributed by atoms with van der Waals surface area (Å²) in [6.07, 6.45) is 4.39. The number of nitrogens with zero attached hydrogens (tertiary/aromatic N) is 3. The van der Waals surface area contributed by atoms with Crippen LogP contribution in [0.15, 0.2) is 60.9 Å². The molecule has 1 aliphatic heterocycles. The largest absolute Gasteiger partial charge is 0.497 e. The number of anilines is 1. The fraction of sp³-hybridized carbons (Fsp3) is 0.200. The van der Waals surface area contributed by atoms with Gasteiger partial charge in [0.2, 0.25) is 5.95 Å². The third-order valence-electron chi connectivity index (χ3n) is 5.08. The van der Waals surface area contributed by atoms with E-state index < -0.39 is 10.8 Å². The van der Waals surface area contributed by atoms with Crippen LogP contribution in [0.4, 0.5) is 11.6 Å². The molecule has 0 fully saturated rings. The van der Waals surface area contributed by atoms with Crippen molar-refractivity contribution < 1.29 is 14.5 Å². The number of hydrogen-bond acceptors (Lipinski definition) is 6. The van der Waals surface area contributed by atoms with Gasteiger partial charge in [-0.1, -0.05) is 24.3 Å². The second-order valence-corrected chi connectivity index (χ2v) is 6.56. The number of ether oxygens (including phenoxy) is 1. The normalized spacial score (nSPS) is 20.7. The van der Waals surface area contributed by atoms with Crippen molar-refractivity contribution in [1.29, 1.82) is 0 Å². The molecule has 0 aliphatic carbocycles. The third-order valence-corrected chi connectivity index (χ3v) is 5.08. The van der Waals surface area contributed by atoms with E-state index in [2.05, 4.69) is 10.3 Å². The van der Waals surface area contributed by atoms with Crippen molar-refractivity contribution in [1.82, 2.24) is 9.55 Å². The first-order valence-corrected chi connectivity index (χ1v) is 8.75. The fourth-order valence-corrected chi connectivity index (χ4v) is 3.70. The van der Waals surface area contributed by atoms with Crippen molar-refractivity contribution in [3.05, 3.63) is 82.2 Å². The SMILES string of the molecule is COc1ccc([C@@H]2Nc3nccn3[C@H](c3ccc([N+](=O)[O-])cc3)[C@H]2C=O)cc1. The van der Waals surface area contributed by atoms with E-state index in [0.29, 0.717) is 5.95 Å². The van der Waals surface area contributed by atoms with Crippen molar-refractivity contribution in [2.24, 2.45) is 5.92 Å². The van der Waals surface area contributed by atoms with Gasteiger partial charge in [-0.2, -0.15) is 0 Å². The number of rotatable bonds is 5. The smallest absolute Gasteiger partial charge is 0.269 e. The molecule has 2 aromatic carbocycles. The number of aromatic nitrogens is 2. The minimum absolute atomic E-state index is 0.0119. The molecular formula is C20H18N4O4. The minimum atomic E-state index is -0.438. The Balaban J connectivity index is 1.77. The fourth-order valence-electron chi connectivity index (χ4n) is 3.70. The molecule has 142 valence electrons. The summed E-state index contributed by atoms with van der Waals surface area (Å²) in [6, 6.07) is 13.2. The second-order valence-electron chi connectivity index (χ2n) is 6.56. The first kappa shape index (κ1) is 17.7. The summed E-state index contributed by atoms with van der Waals surface area (Å²) in [5.74, 6) is 0.939. The number of non-ortho nitro benzene ring substituents is 1. The van der Waals surface area contributed by atoms with Crippen LogP contribution in [0.5, 0.6) is 5.75 Å². The molecule has 1 aromatic heterocycles. The number of carbonyl (C=O) groups is 1. The van der Waals surface area contributed by atoms with Gasteiger partial charge in [0.25, 0.3) is 5.69 Å². The number of nitrogens with one attached hydrogen (secondary N) is 1. The van der Waals surface area contributed by atoms with Crippen LogP contribution in [0.2, 0.25) is 0 Å².